The highest BCUT2D eigenvalue weighted by atomic mass is 16.5. The molecule has 0 unspecified atom stereocenters. The number of methoxy groups -OCH3 is 1. The molecule has 7 nitrogen and oxygen atoms in total. The average molecular weight is 378 g/mol. The van der Waals surface area contributed by atoms with E-state index in [-0.39, 0.29) is 12.3 Å². The number of benzene rings is 2. The Morgan fingerprint density at radius 2 is 1.71 bits per heavy atom. The van der Waals surface area contributed by atoms with Crippen LogP contribution < -0.4 is 20.1 Å². The molecule has 3 rings (SSSR count). The summed E-state index contributed by atoms with van der Waals surface area (Å²) in [7, 11) is 1.61. The molecule has 3 aromatic rings. The Labute approximate surface area is 163 Å². The van der Waals surface area contributed by atoms with Crippen LogP contribution in [-0.2, 0) is 11.2 Å². The van der Waals surface area contributed by atoms with Gasteiger partial charge in [0.05, 0.1) is 13.5 Å². The van der Waals surface area contributed by atoms with Gasteiger partial charge in [0.15, 0.2) is 0 Å². The number of nitrogens with zero attached hydrogens (tertiary/aromatic N) is 2. The molecule has 7 heteroatoms. The fourth-order valence-corrected chi connectivity index (χ4v) is 2.53. The molecule has 28 heavy (non-hydrogen) atoms. The van der Waals surface area contributed by atoms with E-state index in [1.54, 1.807) is 37.4 Å². The largest absolute Gasteiger partial charge is 0.497 e. The summed E-state index contributed by atoms with van der Waals surface area (Å²) in [5.41, 5.74) is 1.61. The molecule has 0 atom stereocenters. The summed E-state index contributed by atoms with van der Waals surface area (Å²) in [5, 5.41) is 5.98. The van der Waals surface area contributed by atoms with E-state index >= 15 is 0 Å². The normalized spacial score (nSPS) is 10.2. The van der Waals surface area contributed by atoms with Crippen molar-refractivity contribution in [2.45, 2.75) is 13.3 Å². The van der Waals surface area contributed by atoms with E-state index in [0.717, 1.165) is 17.9 Å². The third kappa shape index (κ3) is 5.44. The second-order valence-corrected chi connectivity index (χ2v) is 5.97. The number of rotatable bonds is 8. The highest BCUT2D eigenvalue weighted by molar-refractivity contribution is 5.92. The average Bonchev–Trinajstić information content (AvgIpc) is 2.71. The van der Waals surface area contributed by atoms with Crippen molar-refractivity contribution >= 4 is 17.4 Å². The highest BCUT2D eigenvalue weighted by Crippen LogP contribution is 2.22. The lowest BCUT2D eigenvalue weighted by atomic mass is 10.1. The molecule has 1 heterocycles. The molecule has 2 N–H and O–H groups in total. The minimum Gasteiger partial charge on any atom is -0.497 e. The monoisotopic (exact) mass is 378 g/mol. The lowest BCUT2D eigenvalue weighted by Gasteiger charge is -2.09. The van der Waals surface area contributed by atoms with Gasteiger partial charge >= 0.3 is 0 Å². The highest BCUT2D eigenvalue weighted by Gasteiger charge is 2.06. The maximum absolute atomic E-state index is 12.2. The quantitative estimate of drug-likeness (QED) is 0.619. The van der Waals surface area contributed by atoms with Gasteiger partial charge in [0.1, 0.15) is 23.6 Å². The SMILES string of the molecule is CCNc1cc(Oc2ccc(NC(=O)Cc3ccc(OC)cc3)cc2)ncn1. The van der Waals surface area contributed by atoms with Crippen LogP contribution in [-0.4, -0.2) is 29.5 Å². The smallest absolute Gasteiger partial charge is 0.228 e. The third-order valence-corrected chi connectivity index (χ3v) is 3.88. The Morgan fingerprint density at radius 3 is 2.39 bits per heavy atom. The first kappa shape index (κ1) is 19.2. The van der Waals surface area contributed by atoms with Crippen molar-refractivity contribution in [3.8, 4) is 17.4 Å². The van der Waals surface area contributed by atoms with E-state index in [1.165, 1.54) is 6.33 Å². The van der Waals surface area contributed by atoms with E-state index in [4.69, 9.17) is 9.47 Å². The van der Waals surface area contributed by atoms with Crippen LogP contribution in [0.3, 0.4) is 0 Å². The number of nitrogens with one attached hydrogen (secondary N) is 2. The summed E-state index contributed by atoms with van der Waals surface area (Å²) >= 11 is 0. The van der Waals surface area contributed by atoms with Gasteiger partial charge in [0.2, 0.25) is 11.8 Å². The second kappa shape index (κ2) is 9.36. The number of ether oxygens (including phenoxy) is 2. The molecule has 1 aromatic heterocycles. The lowest BCUT2D eigenvalue weighted by Crippen LogP contribution is -2.14. The van der Waals surface area contributed by atoms with Gasteiger partial charge in [-0.2, -0.15) is 0 Å². The zero-order valence-corrected chi connectivity index (χ0v) is 15.8. The Kier molecular flexibility index (Phi) is 6.41. The van der Waals surface area contributed by atoms with Crippen molar-refractivity contribution in [1.29, 1.82) is 0 Å². The Bertz CT molecular complexity index is 912. The summed E-state index contributed by atoms with van der Waals surface area (Å²) < 4.78 is 10.8. The third-order valence-electron chi connectivity index (χ3n) is 3.88. The van der Waals surface area contributed by atoms with Gasteiger partial charge in [-0.15, -0.1) is 0 Å². The molecule has 0 saturated carbocycles. The number of hydrogen-bond acceptors (Lipinski definition) is 6. The molecule has 0 saturated heterocycles. The molecule has 2 aromatic carbocycles. The molecule has 0 radical (unpaired) electrons. The number of carbonyl (C=O) groups is 1. The molecular weight excluding hydrogens is 356 g/mol. The molecule has 0 aliphatic carbocycles. The van der Waals surface area contributed by atoms with E-state index < -0.39 is 0 Å². The summed E-state index contributed by atoms with van der Waals surface area (Å²) in [6.07, 6.45) is 1.73. The maximum atomic E-state index is 12.2. The van der Waals surface area contributed by atoms with E-state index in [2.05, 4.69) is 20.6 Å². The van der Waals surface area contributed by atoms with Gasteiger partial charge < -0.3 is 20.1 Å². The van der Waals surface area contributed by atoms with Crippen molar-refractivity contribution in [3.63, 3.8) is 0 Å². The van der Waals surface area contributed by atoms with Crippen molar-refractivity contribution in [3.05, 3.63) is 66.5 Å². The number of carbonyl (C=O) groups excluding carboxylic acids is 1. The topological polar surface area (TPSA) is 85.4 Å². The van der Waals surface area contributed by atoms with Crippen LogP contribution in [0.2, 0.25) is 0 Å². The van der Waals surface area contributed by atoms with Crippen molar-refractivity contribution in [2.75, 3.05) is 24.3 Å². The van der Waals surface area contributed by atoms with E-state index in [0.29, 0.717) is 23.1 Å². The van der Waals surface area contributed by atoms with E-state index in [1.807, 2.05) is 31.2 Å². The van der Waals surface area contributed by atoms with Crippen LogP contribution in [0.15, 0.2) is 60.9 Å². The van der Waals surface area contributed by atoms with Gasteiger partial charge in [0, 0.05) is 18.3 Å². The molecule has 0 bridgehead atoms. The molecule has 0 spiro atoms. The summed E-state index contributed by atoms with van der Waals surface area (Å²) in [6, 6.07) is 16.3. The van der Waals surface area contributed by atoms with Crippen LogP contribution in [0.5, 0.6) is 17.4 Å². The fraction of sp³-hybridized carbons (Fsp3) is 0.190. The minimum absolute atomic E-state index is 0.0927. The summed E-state index contributed by atoms with van der Waals surface area (Å²) in [5.74, 6) is 2.44. The first-order valence-electron chi connectivity index (χ1n) is 8.93. The number of aromatic nitrogens is 2. The van der Waals surface area contributed by atoms with Gasteiger partial charge in [-0.1, -0.05) is 12.1 Å². The van der Waals surface area contributed by atoms with Crippen LogP contribution in [0.4, 0.5) is 11.5 Å². The van der Waals surface area contributed by atoms with Gasteiger partial charge in [-0.05, 0) is 48.9 Å². The fourth-order valence-electron chi connectivity index (χ4n) is 2.53. The Hall–Kier alpha value is -3.61. The van der Waals surface area contributed by atoms with E-state index in [9.17, 15) is 4.79 Å². The van der Waals surface area contributed by atoms with Crippen molar-refractivity contribution < 1.29 is 14.3 Å². The van der Waals surface area contributed by atoms with Gasteiger partial charge in [0.25, 0.3) is 0 Å². The van der Waals surface area contributed by atoms with Crippen molar-refractivity contribution in [2.24, 2.45) is 0 Å². The number of amides is 1. The van der Waals surface area contributed by atoms with Crippen LogP contribution in [0, 0.1) is 0 Å². The molecule has 144 valence electrons. The lowest BCUT2D eigenvalue weighted by molar-refractivity contribution is -0.115. The standard InChI is InChI=1S/C21H22N4O3/c1-3-22-19-13-21(24-14-23-19)28-18-10-6-16(7-11-18)25-20(26)12-15-4-8-17(27-2)9-5-15/h4-11,13-14H,3,12H2,1-2H3,(H,25,26)(H,22,23,24). The van der Waals surface area contributed by atoms with Crippen LogP contribution in [0.25, 0.3) is 0 Å². The zero-order valence-electron chi connectivity index (χ0n) is 15.8. The summed E-state index contributed by atoms with van der Waals surface area (Å²) in [4.78, 5) is 20.4. The van der Waals surface area contributed by atoms with Crippen LogP contribution >= 0.6 is 0 Å². The zero-order chi connectivity index (χ0) is 19.8. The second-order valence-electron chi connectivity index (χ2n) is 5.97. The van der Waals surface area contributed by atoms with Crippen LogP contribution in [0.1, 0.15) is 12.5 Å². The molecule has 1 amide bonds. The maximum Gasteiger partial charge on any atom is 0.228 e. The number of hydrogen-bond donors (Lipinski definition) is 2. The molecule has 0 aliphatic rings. The van der Waals surface area contributed by atoms with Gasteiger partial charge in [-0.3, -0.25) is 4.79 Å². The Morgan fingerprint density at radius 1 is 1.00 bits per heavy atom. The predicted molar refractivity (Wildman–Crippen MR) is 108 cm³/mol. The number of anilines is 2. The molecule has 0 fully saturated rings. The summed E-state index contributed by atoms with van der Waals surface area (Å²) in [6.45, 7) is 2.76. The first-order valence-corrected chi connectivity index (χ1v) is 8.93. The molecular formula is C21H22N4O3. The first-order chi connectivity index (χ1) is 13.7. The molecule has 0 aliphatic heterocycles. The predicted octanol–water partition coefficient (Wildman–Crippen LogP) is 3.89. The van der Waals surface area contributed by atoms with Gasteiger partial charge in [-0.25, -0.2) is 9.97 Å². The van der Waals surface area contributed by atoms with Crippen molar-refractivity contribution in [1.82, 2.24) is 9.97 Å². The minimum atomic E-state index is -0.0927. The Balaban J connectivity index is 1.56.